The summed E-state index contributed by atoms with van der Waals surface area (Å²) >= 11 is 0. The Hall–Kier alpha value is -3.19. The largest absolute Gasteiger partial charge is 0.507 e. The average Bonchev–Trinajstić information content (AvgIpc) is 3.02. The fourth-order valence-corrected chi connectivity index (χ4v) is 6.21. The zero-order chi connectivity index (χ0) is 33.2. The van der Waals surface area contributed by atoms with Crippen LogP contribution in [0.3, 0.4) is 0 Å². The number of unbranched alkanes of at least 4 members (excludes halogenated alkanes) is 9. The molecule has 0 atom stereocenters. The van der Waals surface area contributed by atoms with Crippen molar-refractivity contribution in [1.29, 1.82) is 0 Å². The SMILES string of the molecule is CCCCCCCCCCCCN(O)C(=O)c1ccccc1S(=O)(=O)Nc1cc(C)c(O)c(C(=O)N(CCOC)CCOC)c1. The van der Waals surface area contributed by atoms with Crippen LogP contribution in [0.5, 0.6) is 5.75 Å². The summed E-state index contributed by atoms with van der Waals surface area (Å²) in [7, 11) is -1.33. The summed E-state index contributed by atoms with van der Waals surface area (Å²) in [6.45, 7) is 4.82. The fraction of sp³-hybridized carbons (Fsp3) is 0.576. The van der Waals surface area contributed by atoms with E-state index in [1.807, 2.05) is 0 Å². The van der Waals surface area contributed by atoms with Crippen LogP contribution in [-0.4, -0.2) is 87.6 Å². The number of hydrogen-bond donors (Lipinski definition) is 3. The Morgan fingerprint density at radius 3 is 1.93 bits per heavy atom. The van der Waals surface area contributed by atoms with Crippen LogP contribution >= 0.6 is 0 Å². The number of rotatable bonds is 22. The monoisotopic (exact) mass is 649 g/mol. The minimum atomic E-state index is -4.34. The number of anilines is 1. The first-order chi connectivity index (χ1) is 21.6. The van der Waals surface area contributed by atoms with Gasteiger partial charge in [0.15, 0.2) is 0 Å². The number of carbonyl (C=O) groups excluding carboxylic acids is 2. The number of phenols is 1. The predicted octanol–water partition coefficient (Wildman–Crippen LogP) is 5.99. The number of hydroxylamine groups is 2. The minimum absolute atomic E-state index is 0.0283. The molecule has 0 bridgehead atoms. The third kappa shape index (κ3) is 12.3. The van der Waals surface area contributed by atoms with Crippen LogP contribution in [0.25, 0.3) is 0 Å². The molecular weight excluding hydrogens is 598 g/mol. The van der Waals surface area contributed by atoms with Crippen LogP contribution in [0.1, 0.15) is 97.4 Å². The van der Waals surface area contributed by atoms with E-state index in [1.165, 1.54) is 94.0 Å². The van der Waals surface area contributed by atoms with Gasteiger partial charge in [0.2, 0.25) is 0 Å². The minimum Gasteiger partial charge on any atom is -0.507 e. The van der Waals surface area contributed by atoms with E-state index in [9.17, 15) is 28.3 Å². The number of amides is 2. The highest BCUT2D eigenvalue weighted by Crippen LogP contribution is 2.30. The predicted molar refractivity (Wildman–Crippen MR) is 174 cm³/mol. The molecular formula is C33H51N3O8S. The molecule has 2 rings (SSSR count). The normalized spacial score (nSPS) is 11.4. The molecule has 0 saturated heterocycles. The van der Waals surface area contributed by atoms with Crippen molar-refractivity contribution in [2.24, 2.45) is 0 Å². The number of phenolic OH excluding ortho intramolecular Hbond substituents is 1. The van der Waals surface area contributed by atoms with Crippen molar-refractivity contribution in [2.75, 3.05) is 51.8 Å². The topological polar surface area (TPSA) is 146 Å². The number of sulfonamides is 1. The summed E-state index contributed by atoms with van der Waals surface area (Å²) in [5.41, 5.74) is 0.0268. The Morgan fingerprint density at radius 2 is 1.36 bits per heavy atom. The van der Waals surface area contributed by atoms with E-state index in [0.717, 1.165) is 19.3 Å². The van der Waals surface area contributed by atoms with Crippen molar-refractivity contribution in [2.45, 2.75) is 83.0 Å². The van der Waals surface area contributed by atoms with Crippen LogP contribution in [0, 0.1) is 6.92 Å². The summed E-state index contributed by atoms with van der Waals surface area (Å²) in [5.74, 6) is -1.62. The van der Waals surface area contributed by atoms with Gasteiger partial charge < -0.3 is 19.5 Å². The second-order valence-corrected chi connectivity index (χ2v) is 12.8. The Labute approximate surface area is 268 Å². The molecule has 0 aliphatic heterocycles. The Bertz CT molecular complexity index is 1310. The summed E-state index contributed by atoms with van der Waals surface area (Å²) < 4.78 is 39.7. The molecule has 0 heterocycles. The van der Waals surface area contributed by atoms with Gasteiger partial charge in [-0.2, -0.15) is 0 Å². The van der Waals surface area contributed by atoms with Gasteiger partial charge in [-0.15, -0.1) is 0 Å². The van der Waals surface area contributed by atoms with E-state index in [0.29, 0.717) is 11.5 Å². The second-order valence-electron chi connectivity index (χ2n) is 11.2. The second kappa shape index (κ2) is 20.0. The summed E-state index contributed by atoms with van der Waals surface area (Å²) in [4.78, 5) is 27.6. The molecule has 0 fully saturated rings. The Balaban J connectivity index is 2.12. The fourth-order valence-electron chi connectivity index (χ4n) is 4.97. The van der Waals surface area contributed by atoms with Crippen molar-refractivity contribution in [1.82, 2.24) is 9.96 Å². The van der Waals surface area contributed by atoms with Gasteiger partial charge in [0, 0.05) is 33.9 Å². The number of aryl methyl sites for hydroxylation is 1. The maximum Gasteiger partial charge on any atom is 0.278 e. The quantitative estimate of drug-likeness (QED) is 0.0611. The molecule has 2 aromatic carbocycles. The third-order valence-electron chi connectivity index (χ3n) is 7.57. The molecule has 2 aromatic rings. The standard InChI is InChI=1S/C33H51N3O8S/c1-5-6-7-8-9-10-11-12-13-16-19-36(40)33(39)28-17-14-15-18-30(28)45(41,42)34-27-24-26(2)31(37)29(25-27)32(38)35(20-22-43-3)21-23-44-4/h14-15,17-18,24-25,34,37,40H,5-13,16,19-23H2,1-4H3. The molecule has 0 aliphatic rings. The zero-order valence-electron chi connectivity index (χ0n) is 27.2. The van der Waals surface area contributed by atoms with Crippen LogP contribution in [0.15, 0.2) is 41.3 Å². The smallest absolute Gasteiger partial charge is 0.278 e. The lowest BCUT2D eigenvalue weighted by atomic mass is 10.1. The lowest BCUT2D eigenvalue weighted by Gasteiger charge is -2.23. The molecule has 0 radical (unpaired) electrons. The number of nitrogens with one attached hydrogen (secondary N) is 1. The van der Waals surface area contributed by atoms with Crippen molar-refractivity contribution >= 4 is 27.5 Å². The third-order valence-corrected chi connectivity index (χ3v) is 9.01. The highest BCUT2D eigenvalue weighted by atomic mass is 32.2. The van der Waals surface area contributed by atoms with Gasteiger partial charge in [0.05, 0.1) is 30.0 Å². The molecule has 252 valence electrons. The number of aromatic hydroxyl groups is 1. The molecule has 11 nitrogen and oxygen atoms in total. The van der Waals surface area contributed by atoms with Gasteiger partial charge in [0.25, 0.3) is 21.8 Å². The van der Waals surface area contributed by atoms with E-state index < -0.39 is 21.8 Å². The van der Waals surface area contributed by atoms with E-state index in [-0.39, 0.29) is 65.9 Å². The van der Waals surface area contributed by atoms with Crippen molar-refractivity contribution in [3.05, 3.63) is 53.1 Å². The number of ether oxygens (including phenoxy) is 2. The van der Waals surface area contributed by atoms with Crippen LogP contribution in [-0.2, 0) is 19.5 Å². The molecule has 0 spiro atoms. The first-order valence-electron chi connectivity index (χ1n) is 15.8. The summed E-state index contributed by atoms with van der Waals surface area (Å²) in [6.07, 6.45) is 11.0. The molecule has 45 heavy (non-hydrogen) atoms. The van der Waals surface area contributed by atoms with Gasteiger partial charge in [-0.3, -0.25) is 19.5 Å². The van der Waals surface area contributed by atoms with Crippen LogP contribution in [0.2, 0.25) is 0 Å². The molecule has 12 heteroatoms. The number of methoxy groups -OCH3 is 2. The van der Waals surface area contributed by atoms with Crippen molar-refractivity contribution in [3.63, 3.8) is 0 Å². The van der Waals surface area contributed by atoms with Crippen molar-refractivity contribution < 1.29 is 37.8 Å². The van der Waals surface area contributed by atoms with Crippen LogP contribution < -0.4 is 4.72 Å². The van der Waals surface area contributed by atoms with E-state index >= 15 is 0 Å². The van der Waals surface area contributed by atoms with Crippen LogP contribution in [0.4, 0.5) is 5.69 Å². The highest BCUT2D eigenvalue weighted by molar-refractivity contribution is 7.92. The molecule has 0 aliphatic carbocycles. The first kappa shape index (κ1) is 38.0. The molecule has 2 amide bonds. The highest BCUT2D eigenvalue weighted by Gasteiger charge is 2.27. The number of hydrogen-bond acceptors (Lipinski definition) is 8. The summed E-state index contributed by atoms with van der Waals surface area (Å²) in [5, 5.41) is 21.8. The molecule has 0 aromatic heterocycles. The molecule has 0 unspecified atom stereocenters. The van der Waals surface area contributed by atoms with Gasteiger partial charge in [-0.05, 0) is 43.2 Å². The number of carbonyl (C=O) groups is 2. The number of benzene rings is 2. The Kier molecular flexibility index (Phi) is 16.9. The molecule has 3 N–H and O–H groups in total. The maximum atomic E-state index is 13.5. The zero-order valence-corrected chi connectivity index (χ0v) is 28.0. The molecule has 0 saturated carbocycles. The Morgan fingerprint density at radius 1 is 0.800 bits per heavy atom. The first-order valence-corrected chi connectivity index (χ1v) is 17.3. The lowest BCUT2D eigenvalue weighted by Crippen LogP contribution is -2.36. The maximum absolute atomic E-state index is 13.5. The van der Waals surface area contributed by atoms with Gasteiger partial charge in [0.1, 0.15) is 10.6 Å². The van der Waals surface area contributed by atoms with Gasteiger partial charge in [-0.1, -0.05) is 76.8 Å². The van der Waals surface area contributed by atoms with E-state index in [4.69, 9.17) is 9.47 Å². The summed E-state index contributed by atoms with van der Waals surface area (Å²) in [6, 6.07) is 8.28. The average molecular weight is 650 g/mol. The van der Waals surface area contributed by atoms with Gasteiger partial charge in [-0.25, -0.2) is 13.5 Å². The number of nitrogens with zero attached hydrogens (tertiary/aromatic N) is 2. The van der Waals surface area contributed by atoms with E-state index in [1.54, 1.807) is 6.92 Å². The van der Waals surface area contributed by atoms with Crippen molar-refractivity contribution in [3.8, 4) is 5.75 Å². The van der Waals surface area contributed by atoms with Gasteiger partial charge >= 0.3 is 0 Å². The lowest BCUT2D eigenvalue weighted by molar-refractivity contribution is -0.0591. The van der Waals surface area contributed by atoms with E-state index in [2.05, 4.69) is 11.6 Å².